The monoisotopic (exact) mass is 168 g/mol. The lowest BCUT2D eigenvalue weighted by Crippen LogP contribution is -2.22. The third kappa shape index (κ3) is 0.985. The number of carbonyl (C=O) groups is 1. The number of hydrogen-bond acceptors (Lipinski definition) is 1. The van der Waals surface area contributed by atoms with Crippen LogP contribution in [0.25, 0.3) is 0 Å². The molecule has 64 valence electrons. The van der Waals surface area contributed by atoms with Crippen LogP contribution in [0.4, 0.5) is 13.2 Å². The Balaban J connectivity index is 2.71. The molecule has 0 aromatic heterocycles. The third-order valence-corrected chi connectivity index (χ3v) is 2.03. The molecule has 1 atom stereocenters. The molecule has 0 saturated heterocycles. The zero-order chi connectivity index (χ0) is 8.70. The molecule has 1 fully saturated rings. The Morgan fingerprint density at radius 1 is 1.55 bits per heavy atom. The van der Waals surface area contributed by atoms with Gasteiger partial charge in [0.05, 0.1) is 6.67 Å². The zero-order valence-electron chi connectivity index (χ0n) is 5.61. The topological polar surface area (TPSA) is 37.3 Å². The van der Waals surface area contributed by atoms with Crippen LogP contribution >= 0.6 is 0 Å². The van der Waals surface area contributed by atoms with Gasteiger partial charge in [-0.05, 0) is 6.42 Å². The minimum Gasteiger partial charge on any atom is -0.481 e. The molecule has 1 unspecified atom stereocenters. The number of hydrogen-bond donors (Lipinski definition) is 1. The molecule has 0 aromatic rings. The summed E-state index contributed by atoms with van der Waals surface area (Å²) < 4.78 is 36.3. The van der Waals surface area contributed by atoms with Crippen molar-refractivity contribution in [3.63, 3.8) is 0 Å². The van der Waals surface area contributed by atoms with Gasteiger partial charge in [0, 0.05) is 6.42 Å². The highest BCUT2D eigenvalue weighted by Crippen LogP contribution is 2.62. The minimum absolute atomic E-state index is 0.588. The molecular formula is C6H7F3O2. The van der Waals surface area contributed by atoms with Crippen LogP contribution in [-0.2, 0) is 4.79 Å². The first kappa shape index (κ1) is 8.36. The molecule has 1 saturated carbocycles. The van der Waals surface area contributed by atoms with Gasteiger partial charge in [-0.2, -0.15) is 0 Å². The van der Waals surface area contributed by atoms with Gasteiger partial charge in [-0.25, -0.2) is 8.78 Å². The predicted octanol–water partition coefficient (Wildman–Crippen LogP) is 1.46. The van der Waals surface area contributed by atoms with E-state index in [0.29, 0.717) is 0 Å². The summed E-state index contributed by atoms with van der Waals surface area (Å²) in [6.45, 7) is -1.01. The van der Waals surface area contributed by atoms with Crippen LogP contribution in [-0.4, -0.2) is 23.7 Å². The molecule has 2 nitrogen and oxygen atoms in total. The van der Waals surface area contributed by atoms with Crippen molar-refractivity contribution in [1.82, 2.24) is 0 Å². The lowest BCUT2D eigenvalue weighted by atomic mass is 10.0. The summed E-state index contributed by atoms with van der Waals surface area (Å²) >= 11 is 0. The second-order valence-electron chi connectivity index (χ2n) is 2.71. The fourth-order valence-corrected chi connectivity index (χ4v) is 1.11. The van der Waals surface area contributed by atoms with Crippen LogP contribution in [0.5, 0.6) is 0 Å². The van der Waals surface area contributed by atoms with Crippen LogP contribution in [0.15, 0.2) is 0 Å². The Kier molecular flexibility index (Phi) is 1.61. The van der Waals surface area contributed by atoms with Gasteiger partial charge in [-0.1, -0.05) is 0 Å². The Labute approximate surface area is 61.0 Å². The van der Waals surface area contributed by atoms with Gasteiger partial charge in [0.25, 0.3) is 5.92 Å². The van der Waals surface area contributed by atoms with Gasteiger partial charge < -0.3 is 5.11 Å². The summed E-state index contributed by atoms with van der Waals surface area (Å²) in [4.78, 5) is 10.2. The molecule has 1 aliphatic carbocycles. The molecular weight excluding hydrogens is 161 g/mol. The van der Waals surface area contributed by atoms with Crippen LogP contribution in [0.2, 0.25) is 0 Å². The fraction of sp³-hybridized carbons (Fsp3) is 0.833. The molecule has 0 bridgehead atoms. The molecule has 0 amide bonds. The summed E-state index contributed by atoms with van der Waals surface area (Å²) in [5.74, 6) is -4.80. The van der Waals surface area contributed by atoms with Gasteiger partial charge in [-0.15, -0.1) is 0 Å². The second-order valence-corrected chi connectivity index (χ2v) is 2.71. The molecule has 0 radical (unpaired) electrons. The van der Waals surface area contributed by atoms with E-state index in [1.54, 1.807) is 0 Å². The van der Waals surface area contributed by atoms with Gasteiger partial charge in [0.15, 0.2) is 0 Å². The largest absolute Gasteiger partial charge is 0.481 e. The van der Waals surface area contributed by atoms with Crippen molar-refractivity contribution in [3.05, 3.63) is 0 Å². The number of carboxylic acids is 1. The quantitative estimate of drug-likeness (QED) is 0.692. The maximum Gasteiger partial charge on any atom is 0.316 e. The molecule has 1 N–H and O–H groups in total. The minimum atomic E-state index is -3.20. The Bertz CT molecular complexity index is 192. The first-order valence-corrected chi connectivity index (χ1v) is 3.13. The van der Waals surface area contributed by atoms with Gasteiger partial charge >= 0.3 is 5.97 Å². The number of alkyl halides is 3. The van der Waals surface area contributed by atoms with E-state index in [4.69, 9.17) is 5.11 Å². The van der Waals surface area contributed by atoms with Crippen molar-refractivity contribution in [2.24, 2.45) is 5.41 Å². The van der Waals surface area contributed by atoms with E-state index >= 15 is 0 Å². The van der Waals surface area contributed by atoms with Gasteiger partial charge in [-0.3, -0.25) is 9.18 Å². The van der Waals surface area contributed by atoms with Crippen LogP contribution < -0.4 is 0 Å². The van der Waals surface area contributed by atoms with E-state index in [0.717, 1.165) is 0 Å². The molecule has 0 spiro atoms. The lowest BCUT2D eigenvalue weighted by molar-refractivity contribution is -0.148. The first-order valence-electron chi connectivity index (χ1n) is 3.13. The normalized spacial score (nSPS) is 33.4. The zero-order valence-corrected chi connectivity index (χ0v) is 5.61. The molecule has 0 aliphatic heterocycles. The number of halogens is 3. The van der Waals surface area contributed by atoms with Gasteiger partial charge in [0.1, 0.15) is 5.41 Å². The van der Waals surface area contributed by atoms with E-state index in [-0.39, 0.29) is 0 Å². The molecule has 1 aliphatic rings. The Hall–Kier alpha value is -0.740. The van der Waals surface area contributed by atoms with Crippen molar-refractivity contribution < 1.29 is 23.1 Å². The number of rotatable bonds is 3. The first-order chi connectivity index (χ1) is 4.96. The van der Waals surface area contributed by atoms with Crippen molar-refractivity contribution >= 4 is 5.97 Å². The molecule has 0 heterocycles. The highest BCUT2D eigenvalue weighted by atomic mass is 19.3. The second kappa shape index (κ2) is 2.12. The highest BCUT2D eigenvalue weighted by molar-refractivity contribution is 5.80. The maximum absolute atomic E-state index is 12.3. The molecule has 1 rings (SSSR count). The Morgan fingerprint density at radius 3 is 2.09 bits per heavy atom. The van der Waals surface area contributed by atoms with E-state index in [1.165, 1.54) is 0 Å². The third-order valence-electron chi connectivity index (χ3n) is 2.03. The van der Waals surface area contributed by atoms with Crippen LogP contribution in [0.1, 0.15) is 12.8 Å². The summed E-state index contributed by atoms with van der Waals surface area (Å²) in [7, 11) is 0. The SMILES string of the molecule is O=C(O)C1(CCF)CC1(F)F. The summed E-state index contributed by atoms with van der Waals surface area (Å²) in [6, 6.07) is 0. The van der Waals surface area contributed by atoms with Crippen molar-refractivity contribution in [1.29, 1.82) is 0 Å². The van der Waals surface area contributed by atoms with E-state index < -0.39 is 36.8 Å². The summed E-state index contributed by atoms with van der Waals surface area (Å²) in [5.41, 5.74) is -2.10. The maximum atomic E-state index is 12.3. The average Bonchev–Trinajstić information content (AvgIpc) is 2.36. The van der Waals surface area contributed by atoms with Crippen LogP contribution in [0.3, 0.4) is 0 Å². The summed E-state index contributed by atoms with van der Waals surface area (Å²) in [6.07, 6.45) is -1.31. The molecule has 0 aromatic carbocycles. The van der Waals surface area contributed by atoms with Crippen molar-refractivity contribution in [3.8, 4) is 0 Å². The lowest BCUT2D eigenvalue weighted by Gasteiger charge is -2.06. The van der Waals surface area contributed by atoms with E-state index in [1.807, 2.05) is 0 Å². The standard InChI is InChI=1S/C6H7F3O2/c7-2-1-5(4(10)11)3-6(5,8)9/h1-3H2,(H,10,11). The van der Waals surface area contributed by atoms with Crippen molar-refractivity contribution in [2.45, 2.75) is 18.8 Å². The van der Waals surface area contributed by atoms with E-state index in [9.17, 15) is 18.0 Å². The number of aliphatic carboxylic acids is 1. The average molecular weight is 168 g/mol. The smallest absolute Gasteiger partial charge is 0.316 e. The summed E-state index contributed by atoms with van der Waals surface area (Å²) in [5, 5.41) is 8.32. The predicted molar refractivity (Wildman–Crippen MR) is 30.2 cm³/mol. The van der Waals surface area contributed by atoms with Gasteiger partial charge in [0.2, 0.25) is 0 Å². The van der Waals surface area contributed by atoms with Crippen molar-refractivity contribution in [2.75, 3.05) is 6.67 Å². The highest BCUT2D eigenvalue weighted by Gasteiger charge is 2.75. The molecule has 11 heavy (non-hydrogen) atoms. The number of carboxylic acid groups (broad SMARTS) is 1. The fourth-order valence-electron chi connectivity index (χ4n) is 1.11. The molecule has 5 heteroatoms. The van der Waals surface area contributed by atoms with E-state index in [2.05, 4.69) is 0 Å². The Morgan fingerprint density at radius 2 is 2.00 bits per heavy atom. The van der Waals surface area contributed by atoms with Crippen LogP contribution in [0, 0.1) is 5.41 Å².